The molecule has 0 saturated heterocycles. The van der Waals surface area contributed by atoms with Gasteiger partial charge >= 0.3 is 0 Å². The Morgan fingerprint density at radius 2 is 2.29 bits per heavy atom. The van der Waals surface area contributed by atoms with Gasteiger partial charge in [0, 0.05) is 23.8 Å². The number of pyridine rings is 1. The quantitative estimate of drug-likeness (QED) is 0.791. The molecule has 92 valence electrons. The second-order valence-electron chi connectivity index (χ2n) is 4.51. The van der Waals surface area contributed by atoms with E-state index in [0.717, 1.165) is 30.9 Å². The lowest BCUT2D eigenvalue weighted by Crippen LogP contribution is -2.20. The number of fused-ring (bicyclic) bond motifs is 1. The molecule has 0 fully saturated rings. The lowest BCUT2D eigenvalue weighted by atomic mass is 10.3. The van der Waals surface area contributed by atoms with Crippen LogP contribution in [0.4, 0.5) is 0 Å². The lowest BCUT2D eigenvalue weighted by Gasteiger charge is -2.15. The maximum atomic E-state index is 4.59. The Morgan fingerprint density at radius 1 is 1.47 bits per heavy atom. The molecule has 0 amide bonds. The molecule has 2 aromatic rings. The SMILES string of the molecule is CC(Br)CCN(C)Cc1cn2ccccc2n1. The van der Waals surface area contributed by atoms with Crippen LogP contribution < -0.4 is 0 Å². The number of alkyl halides is 1. The highest BCUT2D eigenvalue weighted by atomic mass is 79.9. The zero-order valence-electron chi connectivity index (χ0n) is 10.3. The van der Waals surface area contributed by atoms with Crippen molar-refractivity contribution < 1.29 is 0 Å². The van der Waals surface area contributed by atoms with Gasteiger partial charge in [-0.05, 0) is 32.1 Å². The van der Waals surface area contributed by atoms with Gasteiger partial charge in [0.05, 0.1) is 5.69 Å². The molecule has 0 aromatic carbocycles. The second-order valence-corrected chi connectivity index (χ2v) is 6.07. The van der Waals surface area contributed by atoms with E-state index in [1.807, 2.05) is 24.4 Å². The van der Waals surface area contributed by atoms with Gasteiger partial charge < -0.3 is 9.30 Å². The zero-order valence-corrected chi connectivity index (χ0v) is 11.9. The average Bonchev–Trinajstić information content (AvgIpc) is 2.68. The summed E-state index contributed by atoms with van der Waals surface area (Å²) in [6.07, 6.45) is 5.29. The molecule has 0 bridgehead atoms. The van der Waals surface area contributed by atoms with Crippen molar-refractivity contribution in [2.24, 2.45) is 0 Å². The average molecular weight is 296 g/mol. The minimum atomic E-state index is 0.575. The number of imidazole rings is 1. The number of nitrogens with zero attached hydrogens (tertiary/aromatic N) is 3. The largest absolute Gasteiger partial charge is 0.307 e. The van der Waals surface area contributed by atoms with E-state index < -0.39 is 0 Å². The predicted molar refractivity (Wildman–Crippen MR) is 74.5 cm³/mol. The van der Waals surface area contributed by atoms with E-state index in [9.17, 15) is 0 Å². The molecule has 0 aliphatic heterocycles. The Morgan fingerprint density at radius 3 is 3.00 bits per heavy atom. The molecule has 0 saturated carbocycles. The second kappa shape index (κ2) is 5.65. The van der Waals surface area contributed by atoms with Crippen LogP contribution in [-0.2, 0) is 6.54 Å². The van der Waals surface area contributed by atoms with Gasteiger partial charge in [-0.1, -0.05) is 28.9 Å². The third kappa shape index (κ3) is 3.54. The number of aromatic nitrogens is 2. The van der Waals surface area contributed by atoms with Crippen LogP contribution in [0.25, 0.3) is 5.65 Å². The third-order valence-corrected chi connectivity index (χ3v) is 3.21. The predicted octanol–water partition coefficient (Wildman–Crippen LogP) is 2.94. The van der Waals surface area contributed by atoms with E-state index in [1.165, 1.54) is 0 Å². The monoisotopic (exact) mass is 295 g/mol. The highest BCUT2D eigenvalue weighted by Gasteiger charge is 2.05. The summed E-state index contributed by atoms with van der Waals surface area (Å²) in [6, 6.07) is 6.07. The van der Waals surface area contributed by atoms with Gasteiger partial charge in [0.2, 0.25) is 0 Å². The summed E-state index contributed by atoms with van der Waals surface area (Å²) in [5, 5.41) is 0. The van der Waals surface area contributed by atoms with E-state index in [1.54, 1.807) is 0 Å². The standard InChI is InChI=1S/C13H18BrN3/c1-11(14)6-8-16(2)9-12-10-17-7-4-3-5-13(17)15-12/h3-5,7,10-11H,6,8-9H2,1-2H3. The van der Waals surface area contributed by atoms with E-state index in [4.69, 9.17) is 0 Å². The Hall–Kier alpha value is -0.870. The van der Waals surface area contributed by atoms with Gasteiger partial charge in [-0.3, -0.25) is 0 Å². The van der Waals surface area contributed by atoms with Crippen molar-refractivity contribution >= 4 is 21.6 Å². The van der Waals surface area contributed by atoms with E-state index >= 15 is 0 Å². The first kappa shape index (κ1) is 12.6. The smallest absolute Gasteiger partial charge is 0.137 e. The molecule has 0 aliphatic carbocycles. The molecule has 1 unspecified atom stereocenters. The van der Waals surface area contributed by atoms with E-state index in [2.05, 4.69) is 50.4 Å². The lowest BCUT2D eigenvalue weighted by molar-refractivity contribution is 0.319. The maximum Gasteiger partial charge on any atom is 0.137 e. The molecule has 4 heteroatoms. The molecule has 0 N–H and O–H groups in total. The van der Waals surface area contributed by atoms with E-state index in [0.29, 0.717) is 4.83 Å². The van der Waals surface area contributed by atoms with Gasteiger partial charge in [0.15, 0.2) is 0 Å². The summed E-state index contributed by atoms with van der Waals surface area (Å²) in [5.74, 6) is 0. The van der Waals surface area contributed by atoms with Crippen molar-refractivity contribution in [3.63, 3.8) is 0 Å². The Labute approximate surface area is 111 Å². The molecule has 0 spiro atoms. The molecule has 2 rings (SSSR count). The number of hydrogen-bond donors (Lipinski definition) is 0. The van der Waals surface area contributed by atoms with Crippen LogP contribution in [-0.4, -0.2) is 32.7 Å². The van der Waals surface area contributed by atoms with Gasteiger partial charge in [-0.2, -0.15) is 0 Å². The maximum absolute atomic E-state index is 4.59. The summed E-state index contributed by atoms with van der Waals surface area (Å²) in [7, 11) is 2.14. The van der Waals surface area contributed by atoms with Crippen molar-refractivity contribution in [2.75, 3.05) is 13.6 Å². The minimum absolute atomic E-state index is 0.575. The number of rotatable bonds is 5. The highest BCUT2D eigenvalue weighted by Crippen LogP contribution is 2.08. The fourth-order valence-electron chi connectivity index (χ4n) is 1.82. The molecular formula is C13H18BrN3. The van der Waals surface area contributed by atoms with Crippen LogP contribution >= 0.6 is 15.9 Å². The molecular weight excluding hydrogens is 278 g/mol. The molecule has 2 heterocycles. The van der Waals surface area contributed by atoms with Crippen LogP contribution in [0.3, 0.4) is 0 Å². The molecule has 0 radical (unpaired) electrons. The third-order valence-electron chi connectivity index (χ3n) is 2.75. The first-order chi connectivity index (χ1) is 8.15. The first-order valence-electron chi connectivity index (χ1n) is 5.90. The van der Waals surface area contributed by atoms with Crippen LogP contribution in [0.1, 0.15) is 19.0 Å². The van der Waals surface area contributed by atoms with Crippen LogP contribution in [0.15, 0.2) is 30.6 Å². The highest BCUT2D eigenvalue weighted by molar-refractivity contribution is 9.09. The van der Waals surface area contributed by atoms with Gasteiger partial charge in [0.25, 0.3) is 0 Å². The molecule has 17 heavy (non-hydrogen) atoms. The molecule has 2 aromatic heterocycles. The van der Waals surface area contributed by atoms with Crippen LogP contribution in [0, 0.1) is 0 Å². The normalized spacial score (nSPS) is 13.4. The van der Waals surface area contributed by atoms with Gasteiger partial charge in [-0.25, -0.2) is 4.98 Å². The molecule has 0 aliphatic rings. The Kier molecular flexibility index (Phi) is 4.18. The number of hydrogen-bond acceptors (Lipinski definition) is 2. The van der Waals surface area contributed by atoms with Crippen molar-refractivity contribution in [1.29, 1.82) is 0 Å². The summed E-state index contributed by atoms with van der Waals surface area (Å²) < 4.78 is 2.07. The number of halogens is 1. The van der Waals surface area contributed by atoms with Crippen molar-refractivity contribution in [1.82, 2.24) is 14.3 Å². The summed E-state index contributed by atoms with van der Waals surface area (Å²) >= 11 is 3.57. The van der Waals surface area contributed by atoms with Gasteiger partial charge in [-0.15, -0.1) is 0 Å². The topological polar surface area (TPSA) is 20.5 Å². The Bertz CT molecular complexity index is 445. The minimum Gasteiger partial charge on any atom is -0.307 e. The van der Waals surface area contributed by atoms with Crippen molar-refractivity contribution in [3.8, 4) is 0 Å². The fraction of sp³-hybridized carbons (Fsp3) is 0.462. The van der Waals surface area contributed by atoms with Crippen molar-refractivity contribution in [2.45, 2.75) is 24.7 Å². The van der Waals surface area contributed by atoms with Crippen molar-refractivity contribution in [3.05, 3.63) is 36.3 Å². The van der Waals surface area contributed by atoms with E-state index in [-0.39, 0.29) is 0 Å². The fourth-order valence-corrected chi connectivity index (χ4v) is 2.02. The zero-order chi connectivity index (χ0) is 12.3. The summed E-state index contributed by atoms with van der Waals surface area (Å²) in [5.41, 5.74) is 2.14. The molecule has 3 nitrogen and oxygen atoms in total. The summed E-state index contributed by atoms with van der Waals surface area (Å²) in [6.45, 7) is 4.17. The van der Waals surface area contributed by atoms with Gasteiger partial charge in [0.1, 0.15) is 5.65 Å². The summed E-state index contributed by atoms with van der Waals surface area (Å²) in [4.78, 5) is 7.47. The Balaban J connectivity index is 1.98. The van der Waals surface area contributed by atoms with Crippen LogP contribution in [0.5, 0.6) is 0 Å². The first-order valence-corrected chi connectivity index (χ1v) is 6.82. The van der Waals surface area contributed by atoms with Crippen LogP contribution in [0.2, 0.25) is 0 Å². The molecule has 1 atom stereocenters.